The molecule has 0 saturated carbocycles. The number of halogens is 3. The van der Waals surface area contributed by atoms with E-state index < -0.39 is 12.1 Å². The van der Waals surface area contributed by atoms with Gasteiger partial charge in [-0.15, -0.1) is 0 Å². The van der Waals surface area contributed by atoms with E-state index in [-0.39, 0.29) is 11.8 Å². The summed E-state index contributed by atoms with van der Waals surface area (Å²) in [6.07, 6.45) is -2.29. The first-order valence-electron chi connectivity index (χ1n) is 9.98. The molecule has 0 aromatic heterocycles. The molecule has 7 nitrogen and oxygen atoms in total. The zero-order chi connectivity index (χ0) is 23.3. The molecule has 1 atom stereocenters. The summed E-state index contributed by atoms with van der Waals surface area (Å²) in [5.74, 6) is -2.37. The van der Waals surface area contributed by atoms with Crippen LogP contribution < -0.4 is 16.0 Å². The molecule has 2 aliphatic heterocycles. The summed E-state index contributed by atoms with van der Waals surface area (Å²) >= 11 is 0. The maximum Gasteiger partial charge on any atom is 0.490 e. The Hall–Kier alpha value is -3.40. The summed E-state index contributed by atoms with van der Waals surface area (Å²) in [6.45, 7) is 2.10. The molecular formula is C22H22F3N3O4. The Labute approximate surface area is 182 Å². The van der Waals surface area contributed by atoms with Crippen LogP contribution in [-0.4, -0.2) is 42.2 Å². The van der Waals surface area contributed by atoms with Crippen molar-refractivity contribution < 1.29 is 32.7 Å². The predicted molar refractivity (Wildman–Crippen MR) is 112 cm³/mol. The molecule has 1 saturated heterocycles. The fourth-order valence-electron chi connectivity index (χ4n) is 3.54. The molecule has 10 heteroatoms. The molecule has 170 valence electrons. The van der Waals surface area contributed by atoms with Gasteiger partial charge in [0.2, 0.25) is 5.91 Å². The summed E-state index contributed by atoms with van der Waals surface area (Å²) in [6, 6.07) is 13.4. The van der Waals surface area contributed by atoms with E-state index in [1.807, 2.05) is 24.3 Å². The number of rotatable bonds is 3. The number of carbonyl (C=O) groups is 3. The largest absolute Gasteiger partial charge is 0.490 e. The number of anilines is 2. The van der Waals surface area contributed by atoms with Gasteiger partial charge in [0, 0.05) is 23.5 Å². The minimum absolute atomic E-state index is 0.00809. The third-order valence-corrected chi connectivity index (χ3v) is 5.18. The number of nitrogens with one attached hydrogen (secondary N) is 3. The van der Waals surface area contributed by atoms with Crippen molar-refractivity contribution in [3.63, 3.8) is 0 Å². The van der Waals surface area contributed by atoms with E-state index in [0.717, 1.165) is 24.3 Å². The summed E-state index contributed by atoms with van der Waals surface area (Å²) in [7, 11) is 0. The summed E-state index contributed by atoms with van der Waals surface area (Å²) in [5, 5.41) is 16.2. The normalized spacial score (nSPS) is 17.5. The number of amides is 2. The first-order valence-corrected chi connectivity index (χ1v) is 9.98. The quantitative estimate of drug-likeness (QED) is 0.574. The van der Waals surface area contributed by atoms with Crippen LogP contribution in [0, 0.1) is 0 Å². The Bertz CT molecular complexity index is 1000. The van der Waals surface area contributed by atoms with Crippen molar-refractivity contribution in [3.8, 4) is 0 Å². The van der Waals surface area contributed by atoms with Crippen LogP contribution in [0.2, 0.25) is 0 Å². The molecule has 2 aromatic carbocycles. The lowest BCUT2D eigenvalue weighted by Gasteiger charge is -2.23. The Morgan fingerprint density at radius 1 is 1.09 bits per heavy atom. The van der Waals surface area contributed by atoms with Gasteiger partial charge in [0.25, 0.3) is 5.91 Å². The monoisotopic (exact) mass is 449 g/mol. The Morgan fingerprint density at radius 3 is 2.38 bits per heavy atom. The second-order valence-corrected chi connectivity index (χ2v) is 7.52. The number of carboxylic acid groups (broad SMARTS) is 1. The number of carbonyl (C=O) groups excluding carboxylic acids is 2. The van der Waals surface area contributed by atoms with Crippen molar-refractivity contribution >= 4 is 29.2 Å². The fourth-order valence-corrected chi connectivity index (χ4v) is 3.54. The molecule has 0 spiro atoms. The van der Waals surface area contributed by atoms with Crippen LogP contribution in [-0.2, 0) is 16.0 Å². The highest BCUT2D eigenvalue weighted by molar-refractivity contribution is 6.05. The molecule has 1 fully saturated rings. The van der Waals surface area contributed by atoms with Gasteiger partial charge in [0.1, 0.15) is 0 Å². The molecule has 32 heavy (non-hydrogen) atoms. The summed E-state index contributed by atoms with van der Waals surface area (Å²) in [5.41, 5.74) is 4.35. The van der Waals surface area contributed by atoms with Gasteiger partial charge in [-0.2, -0.15) is 13.2 Å². The summed E-state index contributed by atoms with van der Waals surface area (Å²) < 4.78 is 31.7. The van der Waals surface area contributed by atoms with Gasteiger partial charge in [0.05, 0.1) is 6.42 Å². The van der Waals surface area contributed by atoms with Gasteiger partial charge in [-0.1, -0.05) is 18.2 Å². The molecular weight excluding hydrogens is 427 g/mol. The number of piperidine rings is 1. The zero-order valence-corrected chi connectivity index (χ0v) is 17.0. The third kappa shape index (κ3) is 6.07. The van der Waals surface area contributed by atoms with Crippen LogP contribution in [0.3, 0.4) is 0 Å². The van der Waals surface area contributed by atoms with Gasteiger partial charge in [-0.05, 0) is 60.7 Å². The number of carboxylic acids is 1. The standard InChI is InChI=1S/C20H21N3O2.C2HF3O2/c24-19-10-15-7-8-17(11-18(15)23-19)22-20(25)14-5-3-13(4-6-14)16-2-1-9-21-12-16;3-2(4,5)1(6)7/h3-8,11,16,21H,1-2,9-10,12H2,(H,22,25)(H,23,24);(H,6,7). The van der Waals surface area contributed by atoms with E-state index in [9.17, 15) is 22.8 Å². The van der Waals surface area contributed by atoms with Gasteiger partial charge < -0.3 is 21.1 Å². The van der Waals surface area contributed by atoms with E-state index >= 15 is 0 Å². The minimum Gasteiger partial charge on any atom is -0.475 e. The number of hydrogen-bond acceptors (Lipinski definition) is 4. The van der Waals surface area contributed by atoms with Crippen molar-refractivity contribution in [3.05, 3.63) is 59.2 Å². The van der Waals surface area contributed by atoms with Gasteiger partial charge in [0.15, 0.2) is 0 Å². The lowest BCUT2D eigenvalue weighted by Crippen LogP contribution is -2.28. The van der Waals surface area contributed by atoms with Crippen LogP contribution in [0.15, 0.2) is 42.5 Å². The fraction of sp³-hybridized carbons (Fsp3) is 0.318. The third-order valence-electron chi connectivity index (χ3n) is 5.18. The highest BCUT2D eigenvalue weighted by atomic mass is 19.4. The second kappa shape index (κ2) is 9.82. The topological polar surface area (TPSA) is 108 Å². The first-order chi connectivity index (χ1) is 15.1. The number of aliphatic carboxylic acids is 1. The SMILES string of the molecule is O=C(O)C(F)(F)F.O=C1Cc2ccc(NC(=O)c3ccc(C4CCCNC4)cc3)cc2N1. The van der Waals surface area contributed by atoms with Crippen LogP contribution in [0.1, 0.15) is 40.2 Å². The Kier molecular flexibility index (Phi) is 7.14. The van der Waals surface area contributed by atoms with Gasteiger partial charge >= 0.3 is 12.1 Å². The van der Waals surface area contributed by atoms with Crippen molar-refractivity contribution in [1.29, 1.82) is 0 Å². The molecule has 2 aliphatic rings. The maximum absolute atomic E-state index is 12.5. The molecule has 2 aromatic rings. The Morgan fingerprint density at radius 2 is 1.78 bits per heavy atom. The second-order valence-electron chi connectivity index (χ2n) is 7.52. The van der Waals surface area contributed by atoms with E-state index in [0.29, 0.717) is 23.6 Å². The molecule has 0 radical (unpaired) electrons. The van der Waals surface area contributed by atoms with Crippen molar-refractivity contribution in [1.82, 2.24) is 5.32 Å². The predicted octanol–water partition coefficient (Wildman–Crippen LogP) is 3.53. The summed E-state index contributed by atoms with van der Waals surface area (Å²) in [4.78, 5) is 32.8. The number of fused-ring (bicyclic) bond motifs is 1. The van der Waals surface area contributed by atoms with Crippen molar-refractivity contribution in [2.24, 2.45) is 0 Å². The Balaban J connectivity index is 0.000000360. The molecule has 4 rings (SSSR count). The highest BCUT2D eigenvalue weighted by Gasteiger charge is 2.38. The molecule has 1 unspecified atom stereocenters. The molecule has 0 aliphatic carbocycles. The van der Waals surface area contributed by atoms with Crippen molar-refractivity contribution in [2.45, 2.75) is 31.4 Å². The number of alkyl halides is 3. The molecule has 0 bridgehead atoms. The first kappa shape index (κ1) is 23.3. The average Bonchev–Trinajstić information content (AvgIpc) is 3.13. The lowest BCUT2D eigenvalue weighted by atomic mass is 9.91. The highest BCUT2D eigenvalue weighted by Crippen LogP contribution is 2.27. The van der Waals surface area contributed by atoms with Gasteiger partial charge in [-0.3, -0.25) is 9.59 Å². The van der Waals surface area contributed by atoms with Crippen LogP contribution in [0.4, 0.5) is 24.5 Å². The number of hydrogen-bond donors (Lipinski definition) is 4. The molecule has 2 heterocycles. The van der Waals surface area contributed by atoms with E-state index in [1.165, 1.54) is 18.4 Å². The van der Waals surface area contributed by atoms with Gasteiger partial charge in [-0.25, -0.2) is 4.79 Å². The average molecular weight is 449 g/mol. The zero-order valence-electron chi connectivity index (χ0n) is 17.0. The van der Waals surface area contributed by atoms with E-state index in [1.54, 1.807) is 6.07 Å². The smallest absolute Gasteiger partial charge is 0.475 e. The number of benzene rings is 2. The van der Waals surface area contributed by atoms with Crippen LogP contribution in [0.5, 0.6) is 0 Å². The van der Waals surface area contributed by atoms with Crippen molar-refractivity contribution in [2.75, 3.05) is 23.7 Å². The maximum atomic E-state index is 12.5. The van der Waals surface area contributed by atoms with Crippen LogP contribution >= 0.6 is 0 Å². The molecule has 4 N–H and O–H groups in total. The van der Waals surface area contributed by atoms with E-state index in [4.69, 9.17) is 9.90 Å². The lowest BCUT2D eigenvalue weighted by molar-refractivity contribution is -0.192. The minimum atomic E-state index is -5.08. The van der Waals surface area contributed by atoms with E-state index in [2.05, 4.69) is 28.1 Å². The van der Waals surface area contributed by atoms with Crippen LogP contribution in [0.25, 0.3) is 0 Å². The molecule has 2 amide bonds.